The van der Waals surface area contributed by atoms with Crippen molar-refractivity contribution in [2.75, 3.05) is 0 Å². The Balaban J connectivity index is 2.31. The van der Waals surface area contributed by atoms with Crippen molar-refractivity contribution in [1.82, 2.24) is 0 Å². The molecule has 96 valence electrons. The van der Waals surface area contributed by atoms with Crippen LogP contribution >= 0.6 is 11.6 Å². The average molecular weight is 276 g/mol. The average Bonchev–Trinajstić information content (AvgIpc) is 2.39. The summed E-state index contributed by atoms with van der Waals surface area (Å²) in [4.78, 5) is 22.4. The van der Waals surface area contributed by atoms with Crippen LogP contribution in [0.5, 0.6) is 0 Å². The molecular formula is C14H10ClNO3. The Morgan fingerprint density at radius 2 is 1.84 bits per heavy atom. The van der Waals surface area contributed by atoms with Gasteiger partial charge in [-0.1, -0.05) is 41.9 Å². The van der Waals surface area contributed by atoms with Gasteiger partial charge in [-0.05, 0) is 17.7 Å². The normalized spacial score (nSPS) is 10.2. The number of Topliss-reactive ketones (excluding diaryl/α,β-unsaturated/α-hetero) is 1. The van der Waals surface area contributed by atoms with E-state index in [1.54, 1.807) is 12.1 Å². The van der Waals surface area contributed by atoms with Crippen molar-refractivity contribution in [3.05, 3.63) is 74.8 Å². The first-order valence-electron chi connectivity index (χ1n) is 5.59. The van der Waals surface area contributed by atoms with Gasteiger partial charge >= 0.3 is 0 Å². The minimum atomic E-state index is -0.593. The van der Waals surface area contributed by atoms with E-state index in [-0.39, 0.29) is 28.5 Å². The van der Waals surface area contributed by atoms with E-state index in [1.807, 2.05) is 18.2 Å². The van der Waals surface area contributed by atoms with Gasteiger partial charge in [-0.3, -0.25) is 14.9 Å². The molecule has 2 rings (SSSR count). The first-order valence-corrected chi connectivity index (χ1v) is 5.97. The van der Waals surface area contributed by atoms with E-state index in [0.717, 1.165) is 5.56 Å². The number of nitrogens with zero attached hydrogens (tertiary/aromatic N) is 1. The van der Waals surface area contributed by atoms with Crippen molar-refractivity contribution in [3.8, 4) is 0 Å². The van der Waals surface area contributed by atoms with Gasteiger partial charge in [0.2, 0.25) is 0 Å². The predicted molar refractivity (Wildman–Crippen MR) is 72.6 cm³/mol. The van der Waals surface area contributed by atoms with Crippen molar-refractivity contribution in [2.45, 2.75) is 6.42 Å². The molecule has 0 unspecified atom stereocenters. The van der Waals surface area contributed by atoms with E-state index in [1.165, 1.54) is 18.2 Å². The Morgan fingerprint density at radius 3 is 2.47 bits per heavy atom. The number of carbonyl (C=O) groups excluding carboxylic acids is 1. The third kappa shape index (κ3) is 3.17. The van der Waals surface area contributed by atoms with Crippen LogP contribution in [0.15, 0.2) is 48.5 Å². The van der Waals surface area contributed by atoms with Crippen LogP contribution in [-0.4, -0.2) is 10.7 Å². The molecule has 0 aliphatic carbocycles. The Kier molecular flexibility index (Phi) is 3.92. The lowest BCUT2D eigenvalue weighted by molar-refractivity contribution is -0.385. The number of rotatable bonds is 4. The molecule has 0 fully saturated rings. The summed E-state index contributed by atoms with van der Waals surface area (Å²) < 4.78 is 0. The number of halogens is 1. The fourth-order valence-corrected chi connectivity index (χ4v) is 1.93. The summed E-state index contributed by atoms with van der Waals surface area (Å²) >= 11 is 5.71. The molecule has 0 heterocycles. The van der Waals surface area contributed by atoms with Crippen LogP contribution in [0.2, 0.25) is 5.02 Å². The molecule has 2 aromatic rings. The third-order valence-corrected chi connectivity index (χ3v) is 2.90. The van der Waals surface area contributed by atoms with Crippen LogP contribution in [0.4, 0.5) is 5.69 Å². The fourth-order valence-electron chi connectivity index (χ4n) is 1.77. The maximum Gasteiger partial charge on any atom is 0.281 e. The third-order valence-electron chi connectivity index (χ3n) is 2.66. The van der Waals surface area contributed by atoms with Crippen LogP contribution in [0.25, 0.3) is 0 Å². The number of hydrogen-bond donors (Lipinski definition) is 0. The minimum absolute atomic E-state index is 0.0817. The standard InChI is InChI=1S/C14H10ClNO3/c15-11-6-7-12(13(9-11)16(18)19)14(17)8-10-4-2-1-3-5-10/h1-7,9H,8H2. The molecule has 0 aliphatic heterocycles. The zero-order chi connectivity index (χ0) is 13.8. The molecule has 0 bridgehead atoms. The van der Waals surface area contributed by atoms with Gasteiger partial charge in [0.1, 0.15) is 0 Å². The van der Waals surface area contributed by atoms with Gasteiger partial charge < -0.3 is 0 Å². The lowest BCUT2D eigenvalue weighted by Gasteiger charge is -2.03. The first-order chi connectivity index (χ1) is 9.08. The molecule has 4 nitrogen and oxygen atoms in total. The minimum Gasteiger partial charge on any atom is -0.294 e. The van der Waals surface area contributed by atoms with E-state index in [2.05, 4.69) is 0 Å². The summed E-state index contributed by atoms with van der Waals surface area (Å²) in [7, 11) is 0. The van der Waals surface area contributed by atoms with E-state index >= 15 is 0 Å². The van der Waals surface area contributed by atoms with Crippen LogP contribution in [0.1, 0.15) is 15.9 Å². The molecule has 0 spiro atoms. The lowest BCUT2D eigenvalue weighted by Crippen LogP contribution is -2.07. The molecule has 0 saturated carbocycles. The predicted octanol–water partition coefficient (Wildman–Crippen LogP) is 3.67. The number of hydrogen-bond acceptors (Lipinski definition) is 3. The fraction of sp³-hybridized carbons (Fsp3) is 0.0714. The second-order valence-corrected chi connectivity index (χ2v) is 4.44. The highest BCUT2D eigenvalue weighted by Crippen LogP contribution is 2.24. The van der Waals surface area contributed by atoms with Crippen LogP contribution < -0.4 is 0 Å². The number of nitro benzene ring substituents is 1. The van der Waals surface area contributed by atoms with Gasteiger partial charge in [-0.2, -0.15) is 0 Å². The van der Waals surface area contributed by atoms with Gasteiger partial charge in [0, 0.05) is 17.5 Å². The quantitative estimate of drug-likeness (QED) is 0.486. The second-order valence-electron chi connectivity index (χ2n) is 4.00. The number of nitro groups is 1. The summed E-state index contributed by atoms with van der Waals surface area (Å²) in [5.74, 6) is -0.297. The van der Waals surface area contributed by atoms with Crippen molar-refractivity contribution in [2.24, 2.45) is 0 Å². The summed E-state index contributed by atoms with van der Waals surface area (Å²) in [6.07, 6.45) is 0.128. The summed E-state index contributed by atoms with van der Waals surface area (Å²) in [6, 6.07) is 13.2. The SMILES string of the molecule is O=C(Cc1ccccc1)c1ccc(Cl)cc1[N+](=O)[O-]. The maximum atomic E-state index is 12.1. The zero-order valence-electron chi connectivity index (χ0n) is 9.88. The highest BCUT2D eigenvalue weighted by atomic mass is 35.5. The molecule has 0 radical (unpaired) electrons. The highest BCUT2D eigenvalue weighted by Gasteiger charge is 2.20. The van der Waals surface area contributed by atoms with Crippen LogP contribution in [0, 0.1) is 10.1 Å². The van der Waals surface area contributed by atoms with Gasteiger partial charge in [0.25, 0.3) is 5.69 Å². The molecule has 0 atom stereocenters. The van der Waals surface area contributed by atoms with Crippen LogP contribution in [0.3, 0.4) is 0 Å². The first kappa shape index (κ1) is 13.2. The van der Waals surface area contributed by atoms with Gasteiger partial charge in [0.05, 0.1) is 10.5 Å². The number of ketones is 1. The van der Waals surface area contributed by atoms with Crippen molar-refractivity contribution in [1.29, 1.82) is 0 Å². The molecular weight excluding hydrogens is 266 g/mol. The van der Waals surface area contributed by atoms with Crippen molar-refractivity contribution >= 4 is 23.1 Å². The maximum absolute atomic E-state index is 12.1. The van der Waals surface area contributed by atoms with E-state index in [4.69, 9.17) is 11.6 Å². The van der Waals surface area contributed by atoms with Crippen LogP contribution in [-0.2, 0) is 6.42 Å². The molecule has 19 heavy (non-hydrogen) atoms. The molecule has 5 heteroatoms. The monoisotopic (exact) mass is 275 g/mol. The second kappa shape index (κ2) is 5.63. The molecule has 0 N–H and O–H groups in total. The van der Waals surface area contributed by atoms with E-state index < -0.39 is 4.92 Å². The van der Waals surface area contributed by atoms with Gasteiger partial charge in [0.15, 0.2) is 5.78 Å². The molecule has 0 aromatic heterocycles. The Hall–Kier alpha value is -2.20. The Morgan fingerprint density at radius 1 is 1.16 bits per heavy atom. The van der Waals surface area contributed by atoms with Gasteiger partial charge in [-0.15, -0.1) is 0 Å². The Labute approximate surface area is 114 Å². The van der Waals surface area contributed by atoms with Crippen molar-refractivity contribution < 1.29 is 9.72 Å². The molecule has 2 aromatic carbocycles. The highest BCUT2D eigenvalue weighted by molar-refractivity contribution is 6.31. The number of benzene rings is 2. The van der Waals surface area contributed by atoms with Crippen molar-refractivity contribution in [3.63, 3.8) is 0 Å². The molecule has 0 saturated heterocycles. The summed E-state index contributed by atoms with van der Waals surface area (Å²) in [6.45, 7) is 0. The summed E-state index contributed by atoms with van der Waals surface area (Å²) in [5, 5.41) is 11.2. The topological polar surface area (TPSA) is 60.2 Å². The molecule has 0 aliphatic rings. The summed E-state index contributed by atoms with van der Waals surface area (Å²) in [5.41, 5.74) is 0.642. The largest absolute Gasteiger partial charge is 0.294 e. The van der Waals surface area contributed by atoms with Gasteiger partial charge in [-0.25, -0.2) is 0 Å². The van der Waals surface area contributed by atoms with E-state index in [0.29, 0.717) is 0 Å². The lowest BCUT2D eigenvalue weighted by atomic mass is 10.0. The number of carbonyl (C=O) groups is 1. The zero-order valence-corrected chi connectivity index (χ0v) is 10.6. The molecule has 0 amide bonds. The Bertz CT molecular complexity index is 626. The van der Waals surface area contributed by atoms with E-state index in [9.17, 15) is 14.9 Å². The smallest absolute Gasteiger partial charge is 0.281 e.